The van der Waals surface area contributed by atoms with Crippen LogP contribution in [0.3, 0.4) is 0 Å². The predicted octanol–water partition coefficient (Wildman–Crippen LogP) is 5.40. The summed E-state index contributed by atoms with van der Waals surface area (Å²) in [6, 6.07) is 19.6. The average Bonchev–Trinajstić information content (AvgIpc) is 3.35. The van der Waals surface area contributed by atoms with E-state index in [0.717, 1.165) is 9.86 Å². The van der Waals surface area contributed by atoms with E-state index in [9.17, 15) is 9.59 Å². The van der Waals surface area contributed by atoms with Gasteiger partial charge >= 0.3 is 5.97 Å². The Hall–Kier alpha value is -4.44. The van der Waals surface area contributed by atoms with Crippen molar-refractivity contribution in [1.82, 2.24) is 9.66 Å². The Kier molecular flexibility index (Phi) is 6.97. The molecule has 0 fully saturated rings. The van der Waals surface area contributed by atoms with Crippen molar-refractivity contribution >= 4 is 50.0 Å². The van der Waals surface area contributed by atoms with Crippen molar-refractivity contribution in [3.8, 4) is 23.1 Å². The van der Waals surface area contributed by atoms with Gasteiger partial charge in [-0.3, -0.25) is 4.79 Å². The van der Waals surface area contributed by atoms with E-state index in [1.807, 2.05) is 30.3 Å². The smallest absolute Gasteiger partial charge is 0.346 e. The lowest BCUT2D eigenvalue weighted by atomic mass is 10.2. The standard InChI is InChI=1S/C28H22BrN3O6/c1-16(28(34)36-3)37-23-10-8-17(12-24(23)35-2)15-30-32-26(31-21-7-5-4-6-20(21)27(32)33)25-14-18-13-19(29)9-11-22(18)38-25/h4-16H,1-3H3/t16-/m0/s1. The van der Waals surface area contributed by atoms with Crippen LogP contribution in [0.2, 0.25) is 0 Å². The lowest BCUT2D eigenvalue weighted by Crippen LogP contribution is -2.25. The summed E-state index contributed by atoms with van der Waals surface area (Å²) in [6.07, 6.45) is 0.694. The monoisotopic (exact) mass is 575 g/mol. The second kappa shape index (κ2) is 10.5. The first-order valence-electron chi connectivity index (χ1n) is 11.6. The lowest BCUT2D eigenvalue weighted by Gasteiger charge is -2.15. The van der Waals surface area contributed by atoms with Crippen LogP contribution in [-0.4, -0.2) is 42.2 Å². The van der Waals surface area contributed by atoms with Gasteiger partial charge in [0.2, 0.25) is 5.82 Å². The summed E-state index contributed by atoms with van der Waals surface area (Å²) in [5, 5.41) is 5.75. The quantitative estimate of drug-likeness (QED) is 0.189. The van der Waals surface area contributed by atoms with Crippen LogP contribution in [0.15, 0.2) is 85.5 Å². The molecule has 0 saturated heterocycles. The second-order valence-corrected chi connectivity index (χ2v) is 9.22. The Labute approximate surface area is 225 Å². The molecule has 3 aromatic carbocycles. The molecule has 9 nitrogen and oxygen atoms in total. The first-order valence-corrected chi connectivity index (χ1v) is 12.4. The highest BCUT2D eigenvalue weighted by atomic mass is 79.9. The third kappa shape index (κ3) is 4.90. The van der Waals surface area contributed by atoms with E-state index in [4.69, 9.17) is 23.6 Å². The van der Waals surface area contributed by atoms with Crippen molar-refractivity contribution in [1.29, 1.82) is 0 Å². The highest BCUT2D eigenvalue weighted by molar-refractivity contribution is 9.10. The van der Waals surface area contributed by atoms with Gasteiger partial charge in [0.05, 0.1) is 31.3 Å². The Bertz CT molecular complexity index is 1760. The van der Waals surface area contributed by atoms with Gasteiger partial charge in [0.1, 0.15) is 5.58 Å². The molecule has 2 heterocycles. The SMILES string of the molecule is COC(=O)[C@H](C)Oc1ccc(C=Nn2c(-c3cc4cc(Br)ccc4o3)nc3ccccc3c2=O)cc1OC. The zero-order valence-corrected chi connectivity index (χ0v) is 22.3. The number of para-hydroxylation sites is 1. The minimum Gasteiger partial charge on any atom is -0.493 e. The fourth-order valence-electron chi connectivity index (χ4n) is 3.91. The summed E-state index contributed by atoms with van der Waals surface area (Å²) in [5.74, 6) is 0.900. The number of esters is 1. The topological polar surface area (TPSA) is 105 Å². The third-order valence-corrected chi connectivity index (χ3v) is 6.29. The first kappa shape index (κ1) is 25.2. The van der Waals surface area contributed by atoms with Gasteiger partial charge in [-0.15, -0.1) is 0 Å². The molecule has 1 atom stereocenters. The number of rotatable bonds is 7. The Morgan fingerprint density at radius 3 is 2.68 bits per heavy atom. The summed E-state index contributed by atoms with van der Waals surface area (Å²) >= 11 is 3.47. The van der Waals surface area contributed by atoms with Crippen molar-refractivity contribution < 1.29 is 23.4 Å². The van der Waals surface area contributed by atoms with Gasteiger partial charge in [-0.1, -0.05) is 28.1 Å². The molecule has 10 heteroatoms. The van der Waals surface area contributed by atoms with E-state index in [2.05, 4.69) is 21.0 Å². The molecule has 0 N–H and O–H groups in total. The van der Waals surface area contributed by atoms with Crippen LogP contribution in [0, 0.1) is 0 Å². The number of hydrogen-bond donors (Lipinski definition) is 0. The minimum absolute atomic E-state index is 0.260. The molecule has 0 unspecified atom stereocenters. The zero-order chi connectivity index (χ0) is 26.8. The summed E-state index contributed by atoms with van der Waals surface area (Å²) in [6.45, 7) is 1.58. The molecule has 0 saturated carbocycles. The summed E-state index contributed by atoms with van der Waals surface area (Å²) in [4.78, 5) is 29.9. The number of nitrogens with zero attached hydrogens (tertiary/aromatic N) is 3. The highest BCUT2D eigenvalue weighted by Crippen LogP contribution is 2.30. The number of carbonyl (C=O) groups is 1. The fourth-order valence-corrected chi connectivity index (χ4v) is 4.28. The predicted molar refractivity (Wildman–Crippen MR) is 147 cm³/mol. The molecular weight excluding hydrogens is 554 g/mol. The van der Waals surface area contributed by atoms with Gasteiger partial charge < -0.3 is 18.6 Å². The summed E-state index contributed by atoms with van der Waals surface area (Å²) in [5.41, 5.74) is 1.47. The minimum atomic E-state index is -0.817. The van der Waals surface area contributed by atoms with E-state index in [1.165, 1.54) is 25.1 Å². The number of fused-ring (bicyclic) bond motifs is 2. The van der Waals surface area contributed by atoms with Crippen LogP contribution < -0.4 is 15.0 Å². The zero-order valence-electron chi connectivity index (χ0n) is 20.7. The molecule has 0 bridgehead atoms. The maximum atomic E-state index is 13.5. The van der Waals surface area contributed by atoms with Crippen LogP contribution in [0.25, 0.3) is 33.5 Å². The van der Waals surface area contributed by atoms with Gasteiger partial charge in [0.15, 0.2) is 23.4 Å². The Morgan fingerprint density at radius 2 is 1.89 bits per heavy atom. The van der Waals surface area contributed by atoms with Crippen molar-refractivity contribution in [2.45, 2.75) is 13.0 Å². The molecule has 192 valence electrons. The highest BCUT2D eigenvalue weighted by Gasteiger charge is 2.18. The van der Waals surface area contributed by atoms with E-state index in [0.29, 0.717) is 39.3 Å². The van der Waals surface area contributed by atoms with Crippen molar-refractivity contribution in [3.63, 3.8) is 0 Å². The van der Waals surface area contributed by atoms with Crippen molar-refractivity contribution in [3.05, 3.63) is 87.1 Å². The van der Waals surface area contributed by atoms with Crippen LogP contribution in [-0.2, 0) is 9.53 Å². The second-order valence-electron chi connectivity index (χ2n) is 8.30. The number of ether oxygens (including phenoxy) is 3. The number of furan rings is 1. The Balaban J connectivity index is 1.58. The number of methoxy groups -OCH3 is 2. The number of halogens is 1. The van der Waals surface area contributed by atoms with E-state index >= 15 is 0 Å². The largest absolute Gasteiger partial charge is 0.493 e. The first-order chi connectivity index (χ1) is 18.4. The molecule has 5 aromatic rings. The van der Waals surface area contributed by atoms with Gasteiger partial charge in [-0.25, -0.2) is 9.78 Å². The maximum absolute atomic E-state index is 13.5. The molecule has 0 aliphatic carbocycles. The van der Waals surface area contributed by atoms with Crippen LogP contribution in [0.5, 0.6) is 11.5 Å². The molecule has 0 spiro atoms. The molecular formula is C28H22BrN3O6. The molecule has 2 aromatic heterocycles. The van der Waals surface area contributed by atoms with Crippen molar-refractivity contribution in [2.24, 2.45) is 5.10 Å². The van der Waals surface area contributed by atoms with Gasteiger partial charge in [-0.05, 0) is 67.1 Å². The molecule has 38 heavy (non-hydrogen) atoms. The summed E-state index contributed by atoms with van der Waals surface area (Å²) < 4.78 is 24.0. The van der Waals surface area contributed by atoms with E-state index < -0.39 is 12.1 Å². The third-order valence-electron chi connectivity index (χ3n) is 5.80. The van der Waals surface area contributed by atoms with Crippen LogP contribution >= 0.6 is 15.9 Å². The number of aromatic nitrogens is 2. The lowest BCUT2D eigenvalue weighted by molar-refractivity contribution is -0.147. The van der Waals surface area contributed by atoms with E-state index in [1.54, 1.807) is 43.3 Å². The molecule has 0 radical (unpaired) electrons. The van der Waals surface area contributed by atoms with Crippen LogP contribution in [0.4, 0.5) is 0 Å². The normalized spacial score (nSPS) is 12.2. The average molecular weight is 576 g/mol. The molecule has 0 aliphatic rings. The van der Waals surface area contributed by atoms with Crippen molar-refractivity contribution in [2.75, 3.05) is 14.2 Å². The number of hydrogen-bond acceptors (Lipinski definition) is 8. The summed E-state index contributed by atoms with van der Waals surface area (Å²) in [7, 11) is 2.78. The van der Waals surface area contributed by atoms with E-state index in [-0.39, 0.29) is 11.4 Å². The molecule has 5 rings (SSSR count). The maximum Gasteiger partial charge on any atom is 0.346 e. The van der Waals surface area contributed by atoms with Gasteiger partial charge in [-0.2, -0.15) is 9.78 Å². The number of carbonyl (C=O) groups excluding carboxylic acids is 1. The van der Waals surface area contributed by atoms with Crippen LogP contribution in [0.1, 0.15) is 12.5 Å². The molecule has 0 aliphatic heterocycles. The number of benzene rings is 3. The fraction of sp³-hybridized carbons (Fsp3) is 0.143. The van der Waals surface area contributed by atoms with Gasteiger partial charge in [0.25, 0.3) is 5.56 Å². The Morgan fingerprint density at radius 1 is 1.08 bits per heavy atom. The van der Waals surface area contributed by atoms with Gasteiger partial charge in [0, 0.05) is 9.86 Å². The molecule has 0 amide bonds.